The lowest BCUT2D eigenvalue weighted by molar-refractivity contribution is -0.143. The van der Waals surface area contributed by atoms with Gasteiger partial charge in [-0.3, -0.25) is 4.79 Å². The topological polar surface area (TPSA) is 107 Å². The van der Waals surface area contributed by atoms with Crippen molar-refractivity contribution in [1.82, 2.24) is 20.4 Å². The smallest absolute Gasteiger partial charge is 0.410 e. The predicted octanol–water partition coefficient (Wildman–Crippen LogP) is 3.95. The van der Waals surface area contributed by atoms with Crippen molar-refractivity contribution in [3.05, 3.63) is 40.8 Å². The Labute approximate surface area is 207 Å². The van der Waals surface area contributed by atoms with Gasteiger partial charge in [-0.1, -0.05) is 11.6 Å². The van der Waals surface area contributed by atoms with E-state index in [-0.39, 0.29) is 52.3 Å². The van der Waals surface area contributed by atoms with Gasteiger partial charge in [-0.05, 0) is 59.1 Å². The average molecular weight is 507 g/mol. The van der Waals surface area contributed by atoms with Crippen LogP contribution in [0.4, 0.5) is 9.18 Å². The first kappa shape index (κ1) is 23.8. The van der Waals surface area contributed by atoms with Crippen LogP contribution in [-0.4, -0.2) is 57.4 Å². The summed E-state index contributed by atoms with van der Waals surface area (Å²) in [4.78, 5) is 26.3. The van der Waals surface area contributed by atoms with Gasteiger partial charge < -0.3 is 24.1 Å². The molecule has 9 nitrogen and oxygen atoms in total. The highest BCUT2D eigenvalue weighted by Gasteiger charge is 2.72. The molecule has 1 unspecified atom stereocenters. The molecular formula is C24H28ClFN4O5. The van der Waals surface area contributed by atoms with Crippen molar-refractivity contribution >= 4 is 23.6 Å². The SMILES string of the molecule is C[C@@H]1C(c2nnc(C34CC(NC(=O)COc5ccc(Cl)c(F)c5)(C3)C4)o2)CN1C(=O)OC(C)(C)C. The molecule has 35 heavy (non-hydrogen) atoms. The van der Waals surface area contributed by atoms with Crippen molar-refractivity contribution in [2.45, 2.75) is 75.5 Å². The van der Waals surface area contributed by atoms with Gasteiger partial charge in [-0.2, -0.15) is 0 Å². The Bertz CT molecular complexity index is 1160. The molecule has 11 heteroatoms. The average Bonchev–Trinajstić information content (AvgIpc) is 3.17. The van der Waals surface area contributed by atoms with Crippen LogP contribution in [0.5, 0.6) is 5.75 Å². The summed E-state index contributed by atoms with van der Waals surface area (Å²) >= 11 is 5.66. The van der Waals surface area contributed by atoms with Crippen molar-refractivity contribution in [3.8, 4) is 5.75 Å². The Kier molecular flexibility index (Phi) is 5.50. The lowest BCUT2D eigenvalue weighted by Crippen LogP contribution is -2.77. The van der Waals surface area contributed by atoms with Gasteiger partial charge in [0.2, 0.25) is 11.8 Å². The number of carbonyl (C=O) groups excluding carboxylic acids is 2. The third kappa shape index (κ3) is 4.32. The first-order valence-corrected chi connectivity index (χ1v) is 12.0. The Hall–Kier alpha value is -2.88. The zero-order valence-electron chi connectivity index (χ0n) is 20.1. The fraction of sp³-hybridized carbons (Fsp3) is 0.583. The van der Waals surface area contributed by atoms with Crippen LogP contribution in [0.2, 0.25) is 5.02 Å². The Morgan fingerprint density at radius 1 is 1.29 bits per heavy atom. The number of rotatable bonds is 6. The van der Waals surface area contributed by atoms with E-state index in [1.165, 1.54) is 12.1 Å². The van der Waals surface area contributed by atoms with E-state index in [0.717, 1.165) is 6.07 Å². The van der Waals surface area contributed by atoms with E-state index in [1.807, 2.05) is 27.7 Å². The lowest BCUT2D eigenvalue weighted by atomic mass is 9.39. The number of nitrogens with zero attached hydrogens (tertiary/aromatic N) is 3. The summed E-state index contributed by atoms with van der Waals surface area (Å²) in [5.41, 5.74) is -1.05. The number of aromatic nitrogens is 2. The van der Waals surface area contributed by atoms with Gasteiger partial charge in [0.25, 0.3) is 5.91 Å². The number of carbonyl (C=O) groups is 2. The van der Waals surface area contributed by atoms with Crippen LogP contribution in [0.3, 0.4) is 0 Å². The molecule has 0 radical (unpaired) electrons. The van der Waals surface area contributed by atoms with Crippen LogP contribution < -0.4 is 10.1 Å². The number of nitrogens with one attached hydrogen (secondary N) is 1. The summed E-state index contributed by atoms with van der Waals surface area (Å²) in [6.07, 6.45) is 1.80. The fourth-order valence-corrected chi connectivity index (χ4v) is 5.37. The first-order chi connectivity index (χ1) is 16.4. The Morgan fingerprint density at radius 3 is 2.63 bits per heavy atom. The van der Waals surface area contributed by atoms with Crippen molar-refractivity contribution in [2.75, 3.05) is 13.2 Å². The van der Waals surface area contributed by atoms with Crippen molar-refractivity contribution in [3.63, 3.8) is 0 Å². The maximum atomic E-state index is 13.5. The maximum Gasteiger partial charge on any atom is 0.410 e. The standard InChI is InChI=1S/C24H28ClFN4O5/c1-13-15(8-30(13)21(32)35-22(2,3)4)19-28-29-20(34-19)23-10-24(11-23,12-23)27-18(31)9-33-14-5-6-16(25)17(26)7-14/h5-7,13,15H,8-12H2,1-4H3,(H,27,31)/t13-,15?,23?,24?/m1/s1. The number of likely N-dealkylation sites (tertiary alicyclic amines) is 1. The zero-order valence-corrected chi connectivity index (χ0v) is 20.8. The highest BCUT2D eigenvalue weighted by Crippen LogP contribution is 2.67. The number of benzene rings is 1. The van der Waals surface area contributed by atoms with Crippen LogP contribution in [0.15, 0.2) is 22.6 Å². The van der Waals surface area contributed by atoms with E-state index >= 15 is 0 Å². The molecule has 1 aromatic carbocycles. The van der Waals surface area contributed by atoms with Crippen LogP contribution in [0, 0.1) is 5.82 Å². The normalized spacial score (nSPS) is 28.9. The summed E-state index contributed by atoms with van der Waals surface area (Å²) < 4.78 is 30.3. The zero-order chi connectivity index (χ0) is 25.2. The molecule has 2 amide bonds. The van der Waals surface area contributed by atoms with E-state index < -0.39 is 11.4 Å². The summed E-state index contributed by atoms with van der Waals surface area (Å²) in [6, 6.07) is 3.95. The second-order valence-corrected chi connectivity index (χ2v) is 11.3. The van der Waals surface area contributed by atoms with Gasteiger partial charge in [-0.25, -0.2) is 9.18 Å². The third-order valence-corrected chi connectivity index (χ3v) is 7.31. The molecule has 3 aliphatic carbocycles. The quantitative estimate of drug-likeness (QED) is 0.632. The number of hydrogen-bond acceptors (Lipinski definition) is 7. The predicted molar refractivity (Wildman–Crippen MR) is 123 cm³/mol. The second-order valence-electron chi connectivity index (χ2n) is 10.9. The van der Waals surface area contributed by atoms with Gasteiger partial charge in [0.05, 0.1) is 16.4 Å². The summed E-state index contributed by atoms with van der Waals surface area (Å²) in [5, 5.41) is 11.5. The molecule has 188 valence electrons. The summed E-state index contributed by atoms with van der Waals surface area (Å²) in [6.45, 7) is 7.71. The molecule has 1 saturated heterocycles. The van der Waals surface area contributed by atoms with E-state index in [4.69, 9.17) is 25.5 Å². The Balaban J connectivity index is 1.10. The highest BCUT2D eigenvalue weighted by molar-refractivity contribution is 6.30. The molecular weight excluding hydrogens is 479 g/mol. The molecule has 1 aliphatic heterocycles. The molecule has 2 bridgehead atoms. The van der Waals surface area contributed by atoms with Gasteiger partial charge in [0, 0.05) is 24.2 Å². The van der Waals surface area contributed by atoms with E-state index in [1.54, 1.807) is 4.90 Å². The fourth-order valence-electron chi connectivity index (χ4n) is 5.25. The Morgan fingerprint density at radius 2 is 2.00 bits per heavy atom. The van der Waals surface area contributed by atoms with E-state index in [9.17, 15) is 14.0 Å². The van der Waals surface area contributed by atoms with E-state index in [0.29, 0.717) is 37.6 Å². The molecule has 1 N–H and O–H groups in total. The molecule has 4 fully saturated rings. The molecule has 2 atom stereocenters. The summed E-state index contributed by atoms with van der Waals surface area (Å²) in [5.74, 6) is 0.451. The van der Waals surface area contributed by atoms with Crippen molar-refractivity contribution in [2.24, 2.45) is 0 Å². The largest absolute Gasteiger partial charge is 0.484 e. The lowest BCUT2D eigenvalue weighted by Gasteiger charge is -2.68. The van der Waals surface area contributed by atoms with Gasteiger partial charge in [0.15, 0.2) is 6.61 Å². The molecule has 6 rings (SSSR count). The first-order valence-electron chi connectivity index (χ1n) is 11.6. The van der Waals surface area contributed by atoms with Crippen LogP contribution in [-0.2, 0) is 14.9 Å². The molecule has 4 aliphatic rings. The minimum absolute atomic E-state index is 0.00252. The second kappa shape index (κ2) is 8.08. The molecule has 2 heterocycles. The van der Waals surface area contributed by atoms with Crippen molar-refractivity contribution in [1.29, 1.82) is 0 Å². The van der Waals surface area contributed by atoms with Crippen LogP contribution in [0.1, 0.15) is 64.7 Å². The molecule has 0 spiro atoms. The third-order valence-electron chi connectivity index (χ3n) is 7.00. The number of hydrogen-bond donors (Lipinski definition) is 1. The van der Waals surface area contributed by atoms with E-state index in [2.05, 4.69) is 15.5 Å². The minimum atomic E-state index is -0.598. The van der Waals surface area contributed by atoms with Gasteiger partial charge >= 0.3 is 6.09 Å². The molecule has 3 saturated carbocycles. The molecule has 1 aromatic heterocycles. The van der Waals surface area contributed by atoms with Gasteiger partial charge in [-0.15, -0.1) is 10.2 Å². The number of halogens is 2. The van der Waals surface area contributed by atoms with Crippen LogP contribution in [0.25, 0.3) is 0 Å². The highest BCUT2D eigenvalue weighted by atomic mass is 35.5. The summed E-state index contributed by atoms with van der Waals surface area (Å²) in [7, 11) is 0. The number of amides is 2. The van der Waals surface area contributed by atoms with Crippen molar-refractivity contribution < 1.29 is 27.9 Å². The van der Waals surface area contributed by atoms with Gasteiger partial charge in [0.1, 0.15) is 17.2 Å². The number of ether oxygens (including phenoxy) is 2. The minimum Gasteiger partial charge on any atom is -0.484 e. The monoisotopic (exact) mass is 506 g/mol. The van der Waals surface area contributed by atoms with Crippen LogP contribution >= 0.6 is 11.6 Å². The maximum absolute atomic E-state index is 13.5. The molecule has 2 aromatic rings.